The van der Waals surface area contributed by atoms with Gasteiger partial charge in [-0.2, -0.15) is 0 Å². The normalized spacial score (nSPS) is 7.11. The van der Waals surface area contributed by atoms with Crippen LogP contribution >= 0.6 is 47.8 Å². The van der Waals surface area contributed by atoms with E-state index in [-0.39, 0.29) is 33.2 Å². The fourth-order valence-corrected chi connectivity index (χ4v) is 0. The molecule has 0 saturated carbocycles. The molecule has 0 N–H and O–H groups in total. The van der Waals surface area contributed by atoms with Gasteiger partial charge in [0.25, 0.3) is 0 Å². The first-order chi connectivity index (χ1) is 7.93. The van der Waals surface area contributed by atoms with E-state index in [1.54, 1.807) is 0 Å². The maximum Gasteiger partial charge on any atom is 3.00 e. The van der Waals surface area contributed by atoms with E-state index < -0.39 is 17.9 Å². The molecule has 0 amide bonds. The van der Waals surface area contributed by atoms with Gasteiger partial charge >= 0.3 is 19.8 Å². The monoisotopic (exact) mass is 516 g/mol. The van der Waals surface area contributed by atoms with Crippen molar-refractivity contribution in [2.75, 3.05) is 0 Å². The molecule has 0 saturated heterocycles. The van der Waals surface area contributed by atoms with E-state index in [0.717, 1.165) is 0 Å². The molecule has 0 aromatic carbocycles. The van der Waals surface area contributed by atoms with Crippen LogP contribution in [0.2, 0.25) is 0 Å². The third-order valence-electron chi connectivity index (χ3n) is 0.664. The quantitative estimate of drug-likeness (QED) is 0.333. The predicted molar refractivity (Wildman–Crippen MR) is 75.0 cm³/mol. The second-order valence-electron chi connectivity index (χ2n) is 2.08. The zero-order valence-corrected chi connectivity index (χ0v) is 16.5. The van der Waals surface area contributed by atoms with Crippen molar-refractivity contribution in [1.29, 1.82) is 0 Å². The van der Waals surface area contributed by atoms with Gasteiger partial charge in [0.15, 0.2) is 0 Å². The fraction of sp³-hybridized carbons (Fsp3) is 0. The van der Waals surface area contributed by atoms with Crippen molar-refractivity contribution in [3.8, 4) is 0 Å². The molecule has 0 heterocycles. The molecule has 19 heavy (non-hydrogen) atoms. The van der Waals surface area contributed by atoms with Crippen LogP contribution in [0.4, 0.5) is 0 Å². The largest absolute Gasteiger partial charge is 3.00 e. The van der Waals surface area contributed by atoms with Gasteiger partial charge in [-0.05, 0) is 47.8 Å². The molecule has 0 unspecified atom stereocenters. The molecule has 0 bridgehead atoms. The molecule has 0 spiro atoms. The molecule has 0 aliphatic rings. The summed E-state index contributed by atoms with van der Waals surface area (Å²) in [4.78, 5) is 28.3. The van der Waals surface area contributed by atoms with Crippen molar-refractivity contribution in [2.24, 2.45) is 0 Å². The molecule has 0 rings (SSSR count). The summed E-state index contributed by atoms with van der Waals surface area (Å²) in [6, 6.07) is 0. The molecular weight excluding hydrogens is 514 g/mol. The van der Waals surface area contributed by atoms with Crippen LogP contribution in [-0.2, 0) is 14.4 Å². The Labute approximate surface area is 147 Å². The molecule has 0 fully saturated rings. The number of carboxylic acids is 3. The number of aliphatic carboxylic acids is 3. The Hall–Kier alpha value is -0.294. The zero-order chi connectivity index (χ0) is 15.5. The van der Waals surface area contributed by atoms with Crippen LogP contribution in [0.3, 0.4) is 0 Å². The summed E-state index contributed by atoms with van der Waals surface area (Å²) in [6.45, 7) is 9.03. The van der Waals surface area contributed by atoms with Crippen LogP contribution in [0.5, 0.6) is 0 Å². The van der Waals surface area contributed by atoms with Crippen molar-refractivity contribution in [2.45, 2.75) is 0 Å². The summed E-state index contributed by atoms with van der Waals surface area (Å²) < 4.78 is -0.368. The number of halogens is 3. The minimum atomic E-state index is -1.27. The molecular formula is C9H6Br3GaO6. The minimum Gasteiger partial charge on any atom is -0.544 e. The Bertz CT molecular complexity index is 287. The first kappa shape index (κ1) is 27.1. The Morgan fingerprint density at radius 1 is 0.632 bits per heavy atom. The second-order valence-corrected chi connectivity index (χ2v) is 4.95. The van der Waals surface area contributed by atoms with Crippen LogP contribution in [0, 0.1) is 0 Å². The van der Waals surface area contributed by atoms with Crippen LogP contribution in [0.15, 0.2) is 33.2 Å². The summed E-state index contributed by atoms with van der Waals surface area (Å²) in [7, 11) is 0. The number of hydrogen-bond donors (Lipinski definition) is 0. The predicted octanol–water partition coefficient (Wildman–Crippen LogP) is -1.45. The third kappa shape index (κ3) is 31.9. The van der Waals surface area contributed by atoms with Gasteiger partial charge in [-0.1, -0.05) is 19.7 Å². The van der Waals surface area contributed by atoms with Gasteiger partial charge in [-0.15, -0.1) is 0 Å². The average Bonchev–Trinajstić information content (AvgIpc) is 2.18. The van der Waals surface area contributed by atoms with Crippen LogP contribution in [0.25, 0.3) is 0 Å². The standard InChI is InChI=1S/3C3H3BrO2.Ga/c3*1-2(4)3(5)6;/h3*1H2,(H,5,6);/q;;;+3/p-3. The number of carbonyl (C=O) groups is 3. The molecule has 0 aromatic heterocycles. The Balaban J connectivity index is -0.0000000865. The fourth-order valence-electron chi connectivity index (χ4n) is 0. The maximum absolute atomic E-state index is 9.44. The third-order valence-corrected chi connectivity index (χ3v) is 1.64. The Kier molecular flexibility index (Phi) is 22.5. The van der Waals surface area contributed by atoms with E-state index in [1.807, 2.05) is 0 Å². The summed E-state index contributed by atoms with van der Waals surface area (Å²) in [5, 5.41) is 28.3. The van der Waals surface area contributed by atoms with Gasteiger partial charge in [0.2, 0.25) is 0 Å². The number of rotatable bonds is 3. The molecule has 102 valence electrons. The molecule has 0 atom stereocenters. The van der Waals surface area contributed by atoms with E-state index in [2.05, 4.69) is 67.5 Å². The Morgan fingerprint density at radius 3 is 0.684 bits per heavy atom. The Morgan fingerprint density at radius 2 is 0.684 bits per heavy atom. The van der Waals surface area contributed by atoms with Gasteiger partial charge < -0.3 is 29.7 Å². The first-order valence-electron chi connectivity index (χ1n) is 3.60. The van der Waals surface area contributed by atoms with E-state index in [4.69, 9.17) is 0 Å². The summed E-state index contributed by atoms with van der Waals surface area (Å²) >= 11 is 7.75. The van der Waals surface area contributed by atoms with Gasteiger partial charge in [-0.25, -0.2) is 0 Å². The topological polar surface area (TPSA) is 120 Å². The average molecular weight is 520 g/mol. The van der Waals surface area contributed by atoms with Gasteiger partial charge in [0, 0.05) is 13.4 Å². The van der Waals surface area contributed by atoms with Crippen molar-refractivity contribution in [3.05, 3.63) is 33.2 Å². The molecule has 10 heteroatoms. The number of carbonyl (C=O) groups excluding carboxylic acids is 3. The van der Waals surface area contributed by atoms with Crippen LogP contribution in [-0.4, -0.2) is 37.7 Å². The SMILES string of the molecule is C=C(Br)C(=O)[O-].C=C(Br)C(=O)[O-].C=C(Br)C(=O)[O-].[Ga+3]. The summed E-state index contributed by atoms with van der Waals surface area (Å²) in [5.41, 5.74) is 0. The van der Waals surface area contributed by atoms with Gasteiger partial charge in [-0.3, -0.25) is 0 Å². The first-order valence-corrected chi connectivity index (χ1v) is 5.98. The zero-order valence-electron chi connectivity index (χ0n) is 9.28. The smallest absolute Gasteiger partial charge is 0.544 e. The molecule has 0 radical (unpaired) electrons. The van der Waals surface area contributed by atoms with Crippen LogP contribution in [0.1, 0.15) is 0 Å². The second kappa shape index (κ2) is 15.8. The molecule has 0 aromatic rings. The van der Waals surface area contributed by atoms with Gasteiger partial charge in [0.05, 0.1) is 17.9 Å². The number of hydrogen-bond acceptors (Lipinski definition) is 6. The number of carboxylic acid groups (broad SMARTS) is 3. The molecule has 6 nitrogen and oxygen atoms in total. The van der Waals surface area contributed by atoms with E-state index in [1.165, 1.54) is 0 Å². The molecule has 0 aliphatic carbocycles. The van der Waals surface area contributed by atoms with Crippen molar-refractivity contribution >= 4 is 85.5 Å². The van der Waals surface area contributed by atoms with E-state index in [0.29, 0.717) is 0 Å². The molecule has 0 aliphatic heterocycles. The summed E-state index contributed by atoms with van der Waals surface area (Å²) in [6.07, 6.45) is 0. The van der Waals surface area contributed by atoms with Gasteiger partial charge in [0.1, 0.15) is 0 Å². The summed E-state index contributed by atoms with van der Waals surface area (Å²) in [5.74, 6) is -3.81. The maximum atomic E-state index is 9.44. The van der Waals surface area contributed by atoms with Crippen LogP contribution < -0.4 is 15.3 Å². The van der Waals surface area contributed by atoms with Crippen molar-refractivity contribution in [3.63, 3.8) is 0 Å². The minimum absolute atomic E-state index is 0. The van der Waals surface area contributed by atoms with Crippen molar-refractivity contribution in [1.82, 2.24) is 0 Å². The van der Waals surface area contributed by atoms with Crippen molar-refractivity contribution < 1.29 is 29.7 Å². The van der Waals surface area contributed by atoms with E-state index in [9.17, 15) is 29.7 Å². The van der Waals surface area contributed by atoms with E-state index >= 15 is 0 Å².